The number of aliphatic hydroxyl groups excluding tert-OH is 1. The van der Waals surface area contributed by atoms with E-state index in [1.54, 1.807) is 25.6 Å². The van der Waals surface area contributed by atoms with Gasteiger partial charge in [-0.05, 0) is 24.3 Å². The van der Waals surface area contributed by atoms with E-state index in [1.807, 2.05) is 34.9 Å². The predicted octanol–water partition coefficient (Wildman–Crippen LogP) is 1.88. The van der Waals surface area contributed by atoms with E-state index in [-0.39, 0.29) is 19.2 Å². The van der Waals surface area contributed by atoms with Crippen LogP contribution in [0.25, 0.3) is 16.9 Å². The molecule has 0 radical (unpaired) electrons. The highest BCUT2D eigenvalue weighted by Gasteiger charge is 2.09. The zero-order valence-corrected chi connectivity index (χ0v) is 12.7. The van der Waals surface area contributed by atoms with Crippen LogP contribution in [-0.4, -0.2) is 50.8 Å². The lowest BCUT2D eigenvalue weighted by atomic mass is 10.3. The average Bonchev–Trinajstić information content (AvgIpc) is 3.00. The number of rotatable bonds is 4. The molecule has 0 fully saturated rings. The normalized spacial score (nSPS) is 10.7. The summed E-state index contributed by atoms with van der Waals surface area (Å²) in [5.41, 5.74) is 2.46. The molecule has 0 aliphatic heterocycles. The second kappa shape index (κ2) is 6.45. The van der Waals surface area contributed by atoms with Gasteiger partial charge in [0, 0.05) is 13.6 Å². The van der Waals surface area contributed by atoms with Crippen LogP contribution in [0.15, 0.2) is 48.9 Å². The van der Waals surface area contributed by atoms with Crippen LogP contribution in [0.5, 0.6) is 0 Å². The summed E-state index contributed by atoms with van der Waals surface area (Å²) in [5, 5.41) is 11.6. The first-order valence-corrected chi connectivity index (χ1v) is 7.20. The molecule has 2 amide bonds. The molecular weight excluding hydrogens is 294 g/mol. The van der Waals surface area contributed by atoms with Crippen LogP contribution < -0.4 is 5.32 Å². The number of nitrogens with one attached hydrogen (secondary N) is 1. The standard InChI is InChI=1S/C16H17N5O2/c1-20(8-9-22)16(23)19-12-6-7-15(17-10-12)21-11-18-13-4-2-3-5-14(13)21/h2-7,10-11,22H,8-9H2,1H3,(H,19,23). The molecule has 3 aromatic rings. The van der Waals surface area contributed by atoms with Crippen molar-refractivity contribution in [2.75, 3.05) is 25.5 Å². The quantitative estimate of drug-likeness (QED) is 0.770. The van der Waals surface area contributed by atoms with E-state index in [4.69, 9.17) is 5.11 Å². The highest BCUT2D eigenvalue weighted by atomic mass is 16.3. The van der Waals surface area contributed by atoms with Gasteiger partial charge in [0.15, 0.2) is 0 Å². The van der Waals surface area contributed by atoms with Crippen LogP contribution >= 0.6 is 0 Å². The van der Waals surface area contributed by atoms with Crippen LogP contribution in [-0.2, 0) is 0 Å². The molecule has 0 atom stereocenters. The maximum absolute atomic E-state index is 11.9. The number of aliphatic hydroxyl groups is 1. The summed E-state index contributed by atoms with van der Waals surface area (Å²) in [4.78, 5) is 22.0. The molecule has 1 aromatic carbocycles. The number of fused-ring (bicyclic) bond motifs is 1. The molecular formula is C16H17N5O2. The fraction of sp³-hybridized carbons (Fsp3) is 0.188. The van der Waals surface area contributed by atoms with Crippen LogP contribution in [0.3, 0.4) is 0 Å². The van der Waals surface area contributed by atoms with Gasteiger partial charge >= 0.3 is 6.03 Å². The monoisotopic (exact) mass is 311 g/mol. The van der Waals surface area contributed by atoms with Gasteiger partial charge < -0.3 is 15.3 Å². The van der Waals surface area contributed by atoms with Gasteiger partial charge in [-0.25, -0.2) is 14.8 Å². The van der Waals surface area contributed by atoms with Gasteiger partial charge in [-0.15, -0.1) is 0 Å². The lowest BCUT2D eigenvalue weighted by Gasteiger charge is -2.16. The zero-order chi connectivity index (χ0) is 16.2. The minimum Gasteiger partial charge on any atom is -0.395 e. The lowest BCUT2D eigenvalue weighted by Crippen LogP contribution is -2.33. The predicted molar refractivity (Wildman–Crippen MR) is 87.6 cm³/mol. The maximum atomic E-state index is 11.9. The van der Waals surface area contributed by atoms with Crippen molar-refractivity contribution in [3.63, 3.8) is 0 Å². The summed E-state index contributed by atoms with van der Waals surface area (Å²) in [5.74, 6) is 0.723. The van der Waals surface area contributed by atoms with Crippen molar-refractivity contribution in [1.82, 2.24) is 19.4 Å². The highest BCUT2D eigenvalue weighted by Crippen LogP contribution is 2.17. The van der Waals surface area contributed by atoms with Gasteiger partial charge in [0.2, 0.25) is 0 Å². The minimum absolute atomic E-state index is 0.0746. The number of pyridine rings is 1. The Kier molecular flexibility index (Phi) is 4.20. The number of para-hydroxylation sites is 2. The molecule has 118 valence electrons. The molecule has 7 heteroatoms. The number of anilines is 1. The molecule has 2 heterocycles. The molecule has 2 aromatic heterocycles. The fourth-order valence-corrected chi connectivity index (χ4v) is 2.21. The number of nitrogens with zero attached hydrogens (tertiary/aromatic N) is 4. The molecule has 0 aliphatic carbocycles. The van der Waals surface area contributed by atoms with Gasteiger partial charge in [0.05, 0.1) is 29.5 Å². The van der Waals surface area contributed by atoms with Crippen LogP contribution in [0.4, 0.5) is 10.5 Å². The average molecular weight is 311 g/mol. The number of carbonyl (C=O) groups excluding carboxylic acids is 1. The summed E-state index contributed by atoms with van der Waals surface area (Å²) < 4.78 is 1.89. The van der Waals surface area contributed by atoms with Gasteiger partial charge in [-0.3, -0.25) is 4.57 Å². The Morgan fingerprint density at radius 3 is 2.83 bits per heavy atom. The Hall–Kier alpha value is -2.93. The van der Waals surface area contributed by atoms with Crippen molar-refractivity contribution in [2.24, 2.45) is 0 Å². The SMILES string of the molecule is CN(CCO)C(=O)Nc1ccc(-n2cnc3ccccc32)nc1. The molecule has 0 spiro atoms. The number of aromatic nitrogens is 3. The molecule has 23 heavy (non-hydrogen) atoms. The first-order valence-electron chi connectivity index (χ1n) is 7.20. The summed E-state index contributed by atoms with van der Waals surface area (Å²) >= 11 is 0. The Labute approximate surface area is 133 Å². The number of urea groups is 1. The number of hydrogen-bond acceptors (Lipinski definition) is 4. The number of hydrogen-bond donors (Lipinski definition) is 2. The van der Waals surface area contributed by atoms with E-state index < -0.39 is 0 Å². The van der Waals surface area contributed by atoms with Crippen LogP contribution in [0, 0.1) is 0 Å². The Balaban J connectivity index is 1.78. The number of benzene rings is 1. The summed E-state index contributed by atoms with van der Waals surface area (Å²) in [6, 6.07) is 11.1. The van der Waals surface area contributed by atoms with Crippen molar-refractivity contribution in [3.05, 3.63) is 48.9 Å². The zero-order valence-electron chi connectivity index (χ0n) is 12.7. The van der Waals surface area contributed by atoms with E-state index in [2.05, 4.69) is 15.3 Å². The second-order valence-electron chi connectivity index (χ2n) is 5.08. The molecule has 0 aliphatic rings. The Bertz CT molecular complexity index is 813. The first-order chi connectivity index (χ1) is 11.2. The molecule has 0 saturated heterocycles. The van der Waals surface area contributed by atoms with Gasteiger partial charge in [0.1, 0.15) is 12.1 Å². The lowest BCUT2D eigenvalue weighted by molar-refractivity contribution is 0.202. The van der Waals surface area contributed by atoms with Gasteiger partial charge in [-0.1, -0.05) is 12.1 Å². The maximum Gasteiger partial charge on any atom is 0.321 e. The smallest absolute Gasteiger partial charge is 0.321 e. The van der Waals surface area contributed by atoms with Gasteiger partial charge in [0.25, 0.3) is 0 Å². The molecule has 0 bridgehead atoms. The van der Waals surface area contributed by atoms with E-state index in [0.717, 1.165) is 16.9 Å². The number of imidazole rings is 1. The third-order valence-corrected chi connectivity index (χ3v) is 3.48. The fourth-order valence-electron chi connectivity index (χ4n) is 2.21. The van der Waals surface area contributed by atoms with E-state index in [1.165, 1.54) is 4.90 Å². The Morgan fingerprint density at radius 1 is 1.26 bits per heavy atom. The van der Waals surface area contributed by atoms with Crippen molar-refractivity contribution >= 4 is 22.8 Å². The molecule has 0 unspecified atom stereocenters. The molecule has 3 rings (SSSR count). The Morgan fingerprint density at radius 2 is 2.09 bits per heavy atom. The van der Waals surface area contributed by atoms with E-state index >= 15 is 0 Å². The van der Waals surface area contributed by atoms with Gasteiger partial charge in [-0.2, -0.15) is 0 Å². The summed E-state index contributed by atoms with van der Waals surface area (Å²) in [6.45, 7) is 0.202. The number of carbonyl (C=O) groups is 1. The van der Waals surface area contributed by atoms with Crippen LogP contribution in [0.1, 0.15) is 0 Å². The molecule has 0 saturated carbocycles. The van der Waals surface area contributed by atoms with Crippen molar-refractivity contribution in [3.8, 4) is 5.82 Å². The first kappa shape index (κ1) is 15.0. The minimum atomic E-state index is -0.290. The molecule has 7 nitrogen and oxygen atoms in total. The van der Waals surface area contributed by atoms with Crippen molar-refractivity contribution < 1.29 is 9.90 Å². The van der Waals surface area contributed by atoms with Crippen molar-refractivity contribution in [1.29, 1.82) is 0 Å². The third-order valence-electron chi connectivity index (χ3n) is 3.48. The van der Waals surface area contributed by atoms with Crippen LogP contribution in [0.2, 0.25) is 0 Å². The van der Waals surface area contributed by atoms with E-state index in [0.29, 0.717) is 5.69 Å². The number of likely N-dealkylation sites (N-methyl/N-ethyl adjacent to an activating group) is 1. The largest absolute Gasteiger partial charge is 0.395 e. The second-order valence-corrected chi connectivity index (χ2v) is 5.08. The summed E-state index contributed by atoms with van der Waals surface area (Å²) in [6.07, 6.45) is 3.31. The topological polar surface area (TPSA) is 83.3 Å². The highest BCUT2D eigenvalue weighted by molar-refractivity contribution is 5.89. The number of amides is 2. The van der Waals surface area contributed by atoms with E-state index in [9.17, 15) is 4.79 Å². The third kappa shape index (κ3) is 3.14. The van der Waals surface area contributed by atoms with Crippen molar-refractivity contribution in [2.45, 2.75) is 0 Å². The molecule has 2 N–H and O–H groups in total. The summed E-state index contributed by atoms with van der Waals surface area (Å²) in [7, 11) is 1.62.